The third kappa shape index (κ3) is 3.69. The first-order chi connectivity index (χ1) is 13.8. The van der Waals surface area contributed by atoms with E-state index >= 15 is 0 Å². The number of ketones is 1. The highest BCUT2D eigenvalue weighted by Gasteiger charge is 2.38. The third-order valence-electron chi connectivity index (χ3n) is 5.49. The summed E-state index contributed by atoms with van der Waals surface area (Å²) in [6.45, 7) is 4.69. The average molecular weight is 405 g/mol. The molecule has 29 heavy (non-hydrogen) atoms. The lowest BCUT2D eigenvalue weighted by atomic mass is 10.1. The van der Waals surface area contributed by atoms with Crippen molar-refractivity contribution >= 4 is 16.8 Å². The second-order valence-corrected chi connectivity index (χ2v) is 7.46. The number of hydrogen-bond acceptors (Lipinski definition) is 3. The van der Waals surface area contributed by atoms with Crippen molar-refractivity contribution in [2.45, 2.75) is 52.1 Å². The maximum atomic E-state index is 13.5. The molecule has 0 N–H and O–H groups in total. The largest absolute Gasteiger partial charge is 0.449 e. The van der Waals surface area contributed by atoms with Gasteiger partial charge in [-0.1, -0.05) is 12.1 Å². The predicted molar refractivity (Wildman–Crippen MR) is 102 cm³/mol. The molecule has 0 amide bonds. The Labute approximate surface area is 166 Å². The first-order valence-corrected chi connectivity index (χ1v) is 9.59. The minimum absolute atomic E-state index is 0.108. The number of Topliss-reactive ketones (excluding diaryl/α,β-unsaturated/α-hetero) is 1. The van der Waals surface area contributed by atoms with Crippen LogP contribution in [0.5, 0.6) is 0 Å². The molecule has 1 fully saturated rings. The van der Waals surface area contributed by atoms with Crippen molar-refractivity contribution in [1.29, 1.82) is 0 Å². The van der Waals surface area contributed by atoms with Crippen LogP contribution in [-0.2, 0) is 24.0 Å². The van der Waals surface area contributed by atoms with Crippen LogP contribution in [0.15, 0.2) is 30.3 Å². The standard InChI is InChI=1S/C21H22F3N3O2/c1-13-10-16(14(2)26(13)11-15-6-5-9-29-15)19(28)12-27-18-8-4-3-7-17(18)25-20(27)21(22,23)24/h3-4,7-8,10,15H,5-6,9,11-12H2,1-2H3. The average Bonchev–Trinajstić information content (AvgIpc) is 3.37. The minimum Gasteiger partial charge on any atom is -0.376 e. The van der Waals surface area contributed by atoms with E-state index in [1.807, 2.05) is 18.4 Å². The molecule has 1 saturated heterocycles. The van der Waals surface area contributed by atoms with Gasteiger partial charge in [0.15, 0.2) is 5.78 Å². The molecule has 1 aliphatic rings. The lowest BCUT2D eigenvalue weighted by Crippen LogP contribution is -2.20. The van der Waals surface area contributed by atoms with Crippen LogP contribution in [0.1, 0.15) is 40.4 Å². The molecule has 0 saturated carbocycles. The number of carbonyl (C=O) groups is 1. The number of alkyl halides is 3. The van der Waals surface area contributed by atoms with Crippen molar-refractivity contribution in [3.8, 4) is 0 Å². The van der Waals surface area contributed by atoms with Crippen LogP contribution in [0, 0.1) is 13.8 Å². The van der Waals surface area contributed by atoms with Gasteiger partial charge in [0.25, 0.3) is 0 Å². The van der Waals surface area contributed by atoms with Crippen LogP contribution >= 0.6 is 0 Å². The topological polar surface area (TPSA) is 49.0 Å². The number of aromatic nitrogens is 3. The Morgan fingerprint density at radius 2 is 2.00 bits per heavy atom. The lowest BCUT2D eigenvalue weighted by molar-refractivity contribution is -0.146. The smallest absolute Gasteiger partial charge is 0.376 e. The SMILES string of the molecule is Cc1cc(C(=O)Cn2c(C(F)(F)F)nc3ccccc32)c(C)n1CC1CCCO1. The van der Waals surface area contributed by atoms with Gasteiger partial charge in [0.1, 0.15) is 0 Å². The molecule has 3 heterocycles. The number of nitrogens with zero attached hydrogens (tertiary/aromatic N) is 3. The van der Waals surface area contributed by atoms with Crippen LogP contribution < -0.4 is 0 Å². The molecule has 0 radical (unpaired) electrons. The fraction of sp³-hybridized carbons (Fsp3) is 0.429. The van der Waals surface area contributed by atoms with Gasteiger partial charge >= 0.3 is 6.18 Å². The van der Waals surface area contributed by atoms with E-state index in [4.69, 9.17) is 4.74 Å². The molecule has 8 heteroatoms. The summed E-state index contributed by atoms with van der Waals surface area (Å²) in [4.78, 5) is 16.7. The number of hydrogen-bond donors (Lipinski definition) is 0. The van der Waals surface area contributed by atoms with E-state index in [9.17, 15) is 18.0 Å². The summed E-state index contributed by atoms with van der Waals surface area (Å²) in [6.07, 6.45) is -2.55. The first kappa shape index (κ1) is 19.7. The number of fused-ring (bicyclic) bond motifs is 1. The maximum Gasteiger partial charge on any atom is 0.449 e. The number of aryl methyl sites for hydroxylation is 1. The zero-order chi connectivity index (χ0) is 20.8. The highest BCUT2D eigenvalue weighted by molar-refractivity contribution is 5.98. The lowest BCUT2D eigenvalue weighted by Gasteiger charge is -2.15. The molecule has 4 rings (SSSR count). The van der Waals surface area contributed by atoms with E-state index < -0.39 is 18.5 Å². The van der Waals surface area contributed by atoms with Crippen LogP contribution in [0.3, 0.4) is 0 Å². The van der Waals surface area contributed by atoms with E-state index in [-0.39, 0.29) is 17.4 Å². The van der Waals surface area contributed by atoms with E-state index in [0.29, 0.717) is 17.6 Å². The van der Waals surface area contributed by atoms with Gasteiger partial charge in [-0.05, 0) is 44.9 Å². The molecule has 1 unspecified atom stereocenters. The van der Waals surface area contributed by atoms with Gasteiger partial charge in [-0.2, -0.15) is 13.2 Å². The summed E-state index contributed by atoms with van der Waals surface area (Å²) in [5.41, 5.74) is 2.60. The van der Waals surface area contributed by atoms with Crippen molar-refractivity contribution in [2.75, 3.05) is 6.61 Å². The second-order valence-electron chi connectivity index (χ2n) is 7.46. The van der Waals surface area contributed by atoms with Crippen LogP contribution in [0.25, 0.3) is 11.0 Å². The number of ether oxygens (including phenoxy) is 1. The molecule has 3 aromatic rings. The molecule has 5 nitrogen and oxygen atoms in total. The molecule has 2 aromatic heterocycles. The Kier molecular flexibility index (Phi) is 4.98. The van der Waals surface area contributed by atoms with Gasteiger partial charge in [0.05, 0.1) is 23.7 Å². The van der Waals surface area contributed by atoms with E-state index in [2.05, 4.69) is 4.98 Å². The normalized spacial score (nSPS) is 17.3. The summed E-state index contributed by atoms with van der Waals surface area (Å²) in [6, 6.07) is 8.07. The molecule has 0 spiro atoms. The Morgan fingerprint density at radius 1 is 1.24 bits per heavy atom. The highest BCUT2D eigenvalue weighted by atomic mass is 19.4. The zero-order valence-corrected chi connectivity index (χ0v) is 16.3. The van der Waals surface area contributed by atoms with Crippen LogP contribution in [-0.4, -0.2) is 32.6 Å². The third-order valence-corrected chi connectivity index (χ3v) is 5.49. The van der Waals surface area contributed by atoms with Gasteiger partial charge < -0.3 is 13.9 Å². The quantitative estimate of drug-likeness (QED) is 0.586. The van der Waals surface area contributed by atoms with Crippen molar-refractivity contribution < 1.29 is 22.7 Å². The number of para-hydroxylation sites is 2. The fourth-order valence-electron chi connectivity index (χ4n) is 4.04. The van der Waals surface area contributed by atoms with Crippen molar-refractivity contribution in [2.24, 2.45) is 0 Å². The molecule has 0 aliphatic carbocycles. The molecule has 1 aromatic carbocycles. The maximum absolute atomic E-state index is 13.5. The summed E-state index contributed by atoms with van der Waals surface area (Å²) in [7, 11) is 0. The van der Waals surface area contributed by atoms with Crippen molar-refractivity contribution in [3.05, 3.63) is 53.1 Å². The molecular formula is C21H22F3N3O2. The van der Waals surface area contributed by atoms with Gasteiger partial charge in [-0.3, -0.25) is 4.79 Å². The minimum atomic E-state index is -4.64. The summed E-state index contributed by atoms with van der Waals surface area (Å²) in [5, 5.41) is 0. The van der Waals surface area contributed by atoms with Gasteiger partial charge in [0.2, 0.25) is 5.82 Å². The Morgan fingerprint density at radius 3 is 2.69 bits per heavy atom. The number of carbonyl (C=O) groups excluding carboxylic acids is 1. The number of halogens is 3. The first-order valence-electron chi connectivity index (χ1n) is 9.59. The van der Waals surface area contributed by atoms with Gasteiger partial charge in [-0.15, -0.1) is 0 Å². The Bertz CT molecular complexity index is 1060. The fourth-order valence-corrected chi connectivity index (χ4v) is 4.04. The molecular weight excluding hydrogens is 383 g/mol. The van der Waals surface area contributed by atoms with Crippen LogP contribution in [0.2, 0.25) is 0 Å². The van der Waals surface area contributed by atoms with Gasteiger partial charge in [-0.25, -0.2) is 4.98 Å². The number of imidazole rings is 1. The van der Waals surface area contributed by atoms with E-state index in [1.54, 1.807) is 24.3 Å². The van der Waals surface area contributed by atoms with E-state index in [0.717, 1.165) is 35.4 Å². The summed E-state index contributed by atoms with van der Waals surface area (Å²) in [5.74, 6) is -1.43. The number of benzene rings is 1. The van der Waals surface area contributed by atoms with E-state index in [1.165, 1.54) is 6.07 Å². The molecule has 0 bridgehead atoms. The van der Waals surface area contributed by atoms with Crippen LogP contribution in [0.4, 0.5) is 13.2 Å². The molecule has 1 atom stereocenters. The molecule has 1 aliphatic heterocycles. The van der Waals surface area contributed by atoms with Crippen molar-refractivity contribution in [3.63, 3.8) is 0 Å². The monoisotopic (exact) mass is 405 g/mol. The summed E-state index contributed by atoms with van der Waals surface area (Å²) < 4.78 is 49.2. The highest BCUT2D eigenvalue weighted by Crippen LogP contribution is 2.32. The molecule has 154 valence electrons. The summed E-state index contributed by atoms with van der Waals surface area (Å²) >= 11 is 0. The zero-order valence-electron chi connectivity index (χ0n) is 16.3. The van der Waals surface area contributed by atoms with Crippen molar-refractivity contribution in [1.82, 2.24) is 14.1 Å². The predicted octanol–water partition coefficient (Wildman–Crippen LogP) is 4.54. The Balaban J connectivity index is 1.67. The van der Waals surface area contributed by atoms with Gasteiger partial charge in [0, 0.05) is 30.1 Å². The Hall–Kier alpha value is -2.61. The number of rotatable bonds is 5. The second kappa shape index (κ2) is 7.33.